The van der Waals surface area contributed by atoms with Gasteiger partial charge in [-0.25, -0.2) is 0 Å². The molecule has 4 aromatic rings. The molecule has 0 bridgehead atoms. The third-order valence-electron chi connectivity index (χ3n) is 9.10. The first-order valence-electron chi connectivity index (χ1n) is 15.4. The van der Waals surface area contributed by atoms with Crippen LogP contribution < -0.4 is 4.74 Å². The first-order chi connectivity index (χ1) is 20.8. The van der Waals surface area contributed by atoms with E-state index in [1.807, 2.05) is 0 Å². The van der Waals surface area contributed by atoms with E-state index in [0.717, 1.165) is 48.5 Å². The monoisotopic (exact) mass is 568 g/mol. The summed E-state index contributed by atoms with van der Waals surface area (Å²) in [6.07, 6.45) is 1.96. The van der Waals surface area contributed by atoms with Crippen LogP contribution in [0.2, 0.25) is 0 Å². The molecule has 218 valence electrons. The van der Waals surface area contributed by atoms with Crippen molar-refractivity contribution in [2.24, 2.45) is 0 Å². The topological polar surface area (TPSA) is 34.3 Å². The quantitative estimate of drug-likeness (QED) is 0.125. The smallest absolute Gasteiger partial charge is 0.125 e. The van der Waals surface area contributed by atoms with Crippen LogP contribution in [0.25, 0.3) is 11.1 Å². The van der Waals surface area contributed by atoms with Gasteiger partial charge in [0.1, 0.15) is 24.6 Å². The average Bonchev–Trinajstić information content (AvgIpc) is 3.90. The molecule has 0 radical (unpaired) electrons. The van der Waals surface area contributed by atoms with Crippen molar-refractivity contribution in [3.63, 3.8) is 0 Å². The molecule has 2 fully saturated rings. The Bertz CT molecular complexity index is 1720. The van der Waals surface area contributed by atoms with Gasteiger partial charge in [-0.2, -0.15) is 0 Å². The predicted molar refractivity (Wildman–Crippen MR) is 174 cm³/mol. The third kappa shape index (κ3) is 4.85. The molecule has 0 spiro atoms. The van der Waals surface area contributed by atoms with Crippen molar-refractivity contribution in [1.29, 1.82) is 0 Å². The van der Waals surface area contributed by atoms with Gasteiger partial charge in [0.2, 0.25) is 0 Å². The first-order valence-corrected chi connectivity index (χ1v) is 15.4. The highest BCUT2D eigenvalue weighted by molar-refractivity contribution is 5.86. The van der Waals surface area contributed by atoms with Gasteiger partial charge in [0, 0.05) is 0 Å². The third-order valence-corrected chi connectivity index (χ3v) is 9.10. The van der Waals surface area contributed by atoms with E-state index in [1.54, 1.807) is 0 Å². The van der Waals surface area contributed by atoms with Crippen molar-refractivity contribution < 1.29 is 14.2 Å². The molecular formula is C40H40O3. The van der Waals surface area contributed by atoms with Crippen LogP contribution in [0, 0.1) is 13.8 Å². The number of aryl methyl sites for hydroxylation is 2. The van der Waals surface area contributed by atoms with Crippen LogP contribution in [-0.4, -0.2) is 25.9 Å². The van der Waals surface area contributed by atoms with Crippen molar-refractivity contribution in [2.45, 2.75) is 58.2 Å². The second-order valence-electron chi connectivity index (χ2n) is 12.8. The molecule has 2 heterocycles. The summed E-state index contributed by atoms with van der Waals surface area (Å²) in [4.78, 5) is 0. The number of allylic oxidation sites excluding steroid dienone is 2. The highest BCUT2D eigenvalue weighted by Crippen LogP contribution is 2.57. The number of hydrogen-bond acceptors (Lipinski definition) is 3. The molecule has 43 heavy (non-hydrogen) atoms. The first kappa shape index (κ1) is 27.9. The Morgan fingerprint density at radius 1 is 0.767 bits per heavy atom. The highest BCUT2D eigenvalue weighted by Gasteiger charge is 2.47. The molecule has 3 nitrogen and oxygen atoms in total. The van der Waals surface area contributed by atoms with Crippen LogP contribution in [0.15, 0.2) is 97.1 Å². The van der Waals surface area contributed by atoms with Crippen LogP contribution in [-0.2, 0) is 27.7 Å². The Labute approximate surface area is 255 Å². The molecule has 2 atom stereocenters. The SMILES string of the molecule is C=C(C)Cc1cc(C2(c3cc(C)c(C4CO4)c(CC(=C)C)c3)c3ccccc3-c3ccccc32)cc(C)c1OCC1CO1. The zero-order valence-corrected chi connectivity index (χ0v) is 25.8. The minimum atomic E-state index is -0.503. The maximum Gasteiger partial charge on any atom is 0.125 e. The Kier molecular flexibility index (Phi) is 6.91. The standard InChI is InChI=1S/C40H40O3/c1-24(2)15-28-19-30(17-26(5)38(28)37-23-42-37)40(35-13-9-7-11-33(35)34-12-8-10-14-36(34)40)31-18-27(6)39(43-22-32-21-41-32)29(20-31)16-25(3)4/h7-14,17-20,32,37H,1,3,15-16,21-23H2,2,4-6H3. The summed E-state index contributed by atoms with van der Waals surface area (Å²) in [5.74, 6) is 0.956. The molecule has 2 unspecified atom stereocenters. The summed E-state index contributed by atoms with van der Waals surface area (Å²) in [6.45, 7) is 19.4. The molecule has 0 aromatic heterocycles. The average molecular weight is 569 g/mol. The van der Waals surface area contributed by atoms with Crippen molar-refractivity contribution in [1.82, 2.24) is 0 Å². The van der Waals surface area contributed by atoms with Crippen molar-refractivity contribution in [3.8, 4) is 16.9 Å². The minimum absolute atomic E-state index is 0.179. The van der Waals surface area contributed by atoms with E-state index < -0.39 is 5.41 Å². The van der Waals surface area contributed by atoms with Gasteiger partial charge in [0.15, 0.2) is 0 Å². The van der Waals surface area contributed by atoms with Gasteiger partial charge in [0.05, 0.1) is 18.6 Å². The molecule has 1 aliphatic carbocycles. The molecule has 0 amide bonds. The molecule has 3 aliphatic rings. The summed E-state index contributed by atoms with van der Waals surface area (Å²) < 4.78 is 17.8. The van der Waals surface area contributed by atoms with Crippen LogP contribution in [0.5, 0.6) is 5.75 Å². The molecule has 0 saturated carbocycles. The number of ether oxygens (including phenoxy) is 3. The molecule has 2 aliphatic heterocycles. The van der Waals surface area contributed by atoms with E-state index in [-0.39, 0.29) is 12.2 Å². The van der Waals surface area contributed by atoms with Gasteiger partial charge in [-0.05, 0) is 102 Å². The van der Waals surface area contributed by atoms with Crippen molar-refractivity contribution in [3.05, 3.63) is 147 Å². The van der Waals surface area contributed by atoms with Gasteiger partial charge < -0.3 is 14.2 Å². The molecule has 3 heteroatoms. The molecule has 2 saturated heterocycles. The predicted octanol–water partition coefficient (Wildman–Crippen LogP) is 8.75. The number of benzene rings is 4. The second-order valence-corrected chi connectivity index (χ2v) is 12.8. The molecule has 7 rings (SSSR count). The number of hydrogen-bond donors (Lipinski definition) is 0. The summed E-state index contributed by atoms with van der Waals surface area (Å²) >= 11 is 0. The van der Waals surface area contributed by atoms with E-state index in [9.17, 15) is 0 Å². The van der Waals surface area contributed by atoms with Gasteiger partial charge in [0.25, 0.3) is 0 Å². The van der Waals surface area contributed by atoms with Crippen LogP contribution in [0.4, 0.5) is 0 Å². The summed E-state index contributed by atoms with van der Waals surface area (Å²) in [5, 5.41) is 0. The molecule has 4 aromatic carbocycles. The largest absolute Gasteiger partial charge is 0.490 e. The fourth-order valence-corrected chi connectivity index (χ4v) is 7.33. The summed E-state index contributed by atoms with van der Waals surface area (Å²) in [7, 11) is 0. The number of rotatable bonds is 10. The minimum Gasteiger partial charge on any atom is -0.490 e. The lowest BCUT2D eigenvalue weighted by atomic mass is 9.66. The van der Waals surface area contributed by atoms with Crippen LogP contribution >= 0.6 is 0 Å². The molecule has 0 N–H and O–H groups in total. The van der Waals surface area contributed by atoms with E-state index in [1.165, 1.54) is 55.6 Å². The normalized spacial score (nSPS) is 19.0. The second kappa shape index (κ2) is 10.7. The Hall–Kier alpha value is -3.92. The van der Waals surface area contributed by atoms with E-state index in [4.69, 9.17) is 14.2 Å². The Morgan fingerprint density at radius 3 is 1.86 bits per heavy atom. The number of epoxide rings is 2. The van der Waals surface area contributed by atoms with Gasteiger partial charge in [-0.15, -0.1) is 0 Å². The van der Waals surface area contributed by atoms with Gasteiger partial charge in [-0.3, -0.25) is 0 Å². The van der Waals surface area contributed by atoms with Crippen molar-refractivity contribution in [2.75, 3.05) is 19.8 Å². The van der Waals surface area contributed by atoms with Crippen LogP contribution in [0.1, 0.15) is 70.0 Å². The lowest BCUT2D eigenvalue weighted by Crippen LogP contribution is -2.29. The zero-order chi connectivity index (χ0) is 29.9. The number of fused-ring (bicyclic) bond motifs is 3. The fourth-order valence-electron chi connectivity index (χ4n) is 7.33. The summed E-state index contributed by atoms with van der Waals surface area (Å²) in [6, 6.07) is 27.5. The van der Waals surface area contributed by atoms with Gasteiger partial charge >= 0.3 is 0 Å². The van der Waals surface area contributed by atoms with E-state index in [2.05, 4.69) is 114 Å². The maximum atomic E-state index is 6.43. The molecular weight excluding hydrogens is 528 g/mol. The fraction of sp³-hybridized carbons (Fsp3) is 0.300. The van der Waals surface area contributed by atoms with E-state index in [0.29, 0.717) is 6.61 Å². The Balaban J connectivity index is 1.54. The van der Waals surface area contributed by atoms with Crippen LogP contribution in [0.3, 0.4) is 0 Å². The van der Waals surface area contributed by atoms with Gasteiger partial charge in [-0.1, -0.05) is 97.1 Å². The maximum absolute atomic E-state index is 6.43. The zero-order valence-electron chi connectivity index (χ0n) is 25.8. The highest BCUT2D eigenvalue weighted by atomic mass is 16.6. The lowest BCUT2D eigenvalue weighted by Gasteiger charge is -2.36. The Morgan fingerprint density at radius 2 is 1.30 bits per heavy atom. The van der Waals surface area contributed by atoms with E-state index >= 15 is 0 Å². The summed E-state index contributed by atoms with van der Waals surface area (Å²) in [5.41, 5.74) is 15.7. The lowest BCUT2D eigenvalue weighted by molar-refractivity contribution is 0.260. The van der Waals surface area contributed by atoms with Crippen molar-refractivity contribution >= 4 is 0 Å².